The lowest BCUT2D eigenvalue weighted by molar-refractivity contribution is -0.138. The summed E-state index contributed by atoms with van der Waals surface area (Å²) >= 11 is 0. The van der Waals surface area contributed by atoms with Crippen molar-refractivity contribution in [2.45, 2.75) is 70.9 Å². The van der Waals surface area contributed by atoms with Gasteiger partial charge in [0.25, 0.3) is 0 Å². The summed E-state index contributed by atoms with van der Waals surface area (Å²) in [6.07, 6.45) is 3.67. The minimum Gasteiger partial charge on any atom is -0.481 e. The Balaban J connectivity index is 1.29. The molecule has 1 heterocycles. The van der Waals surface area contributed by atoms with E-state index in [4.69, 9.17) is 9.84 Å². The highest BCUT2D eigenvalue weighted by Gasteiger charge is 2.28. The van der Waals surface area contributed by atoms with E-state index in [0.29, 0.717) is 37.9 Å². The van der Waals surface area contributed by atoms with Gasteiger partial charge < -0.3 is 14.7 Å². The smallest absolute Gasteiger partial charge is 0.410 e. The number of aryl methyl sites for hydroxylation is 1. The number of ether oxygens (including phenoxy) is 1. The number of rotatable bonds is 7. The van der Waals surface area contributed by atoms with Crippen LogP contribution in [0.5, 0.6) is 0 Å². The van der Waals surface area contributed by atoms with Gasteiger partial charge in [-0.2, -0.15) is 0 Å². The van der Waals surface area contributed by atoms with Crippen LogP contribution in [0, 0.1) is 18.7 Å². The largest absolute Gasteiger partial charge is 0.481 e. The molecule has 2 aliphatic rings. The number of carbonyl (C=O) groups excluding carboxylic acids is 2. The van der Waals surface area contributed by atoms with Crippen molar-refractivity contribution >= 4 is 17.8 Å². The molecule has 0 bridgehead atoms. The van der Waals surface area contributed by atoms with Crippen LogP contribution >= 0.6 is 0 Å². The molecule has 6 nitrogen and oxygen atoms in total. The Morgan fingerprint density at radius 1 is 1.06 bits per heavy atom. The van der Waals surface area contributed by atoms with Crippen molar-refractivity contribution in [2.24, 2.45) is 5.92 Å². The van der Waals surface area contributed by atoms with E-state index in [1.807, 2.05) is 31.2 Å². The van der Waals surface area contributed by atoms with Crippen molar-refractivity contribution in [3.05, 3.63) is 70.0 Å². The van der Waals surface area contributed by atoms with Crippen LogP contribution in [0.1, 0.15) is 59.9 Å². The molecule has 1 saturated carbocycles. The number of carbonyl (C=O) groups is 3. The molecule has 1 aliphatic heterocycles. The van der Waals surface area contributed by atoms with Crippen LogP contribution in [0.2, 0.25) is 0 Å². The fourth-order valence-electron chi connectivity index (χ4n) is 5.17. The van der Waals surface area contributed by atoms with Gasteiger partial charge in [-0.25, -0.2) is 9.18 Å². The fourth-order valence-corrected chi connectivity index (χ4v) is 5.17. The fraction of sp³-hybridized carbons (Fsp3) is 0.464. The van der Waals surface area contributed by atoms with Gasteiger partial charge in [0.1, 0.15) is 17.7 Å². The monoisotopic (exact) mass is 481 g/mol. The highest BCUT2D eigenvalue weighted by atomic mass is 19.1. The van der Waals surface area contributed by atoms with Crippen molar-refractivity contribution < 1.29 is 28.6 Å². The molecular formula is C28H32FNO5. The number of halogens is 1. The number of nitrogens with zero attached hydrogens (tertiary/aromatic N) is 1. The van der Waals surface area contributed by atoms with E-state index in [2.05, 4.69) is 0 Å². The first-order chi connectivity index (χ1) is 16.8. The number of aliphatic carboxylic acids is 1. The molecule has 2 aromatic rings. The highest BCUT2D eigenvalue weighted by Crippen LogP contribution is 2.29. The van der Waals surface area contributed by atoms with Crippen molar-refractivity contribution in [3.63, 3.8) is 0 Å². The van der Waals surface area contributed by atoms with Gasteiger partial charge in [-0.05, 0) is 78.8 Å². The van der Waals surface area contributed by atoms with Gasteiger partial charge >= 0.3 is 12.1 Å². The third-order valence-corrected chi connectivity index (χ3v) is 7.19. The standard InChI is InChI=1S/C28H32FNO5/c1-18-3-2-4-26(29)25(18)16-23(31)14-20-5-8-22-17-30(12-11-21(22)13-20)28(34)35-24-9-6-19(7-10-24)15-27(32)33/h2-5,8,13,19,24H,6-7,9-12,14-17H2,1H3,(H,32,33). The van der Waals surface area contributed by atoms with E-state index in [-0.39, 0.29) is 49.0 Å². The third-order valence-electron chi connectivity index (χ3n) is 7.19. The predicted molar refractivity (Wildman–Crippen MR) is 129 cm³/mol. The summed E-state index contributed by atoms with van der Waals surface area (Å²) in [7, 11) is 0. The second kappa shape index (κ2) is 11.0. The van der Waals surface area contributed by atoms with Gasteiger partial charge in [0.05, 0.1) is 0 Å². The lowest BCUT2D eigenvalue weighted by atomic mass is 9.85. The number of hydrogen-bond donors (Lipinski definition) is 1. The van der Waals surface area contributed by atoms with E-state index < -0.39 is 5.97 Å². The number of carboxylic acids is 1. The maximum Gasteiger partial charge on any atom is 0.410 e. The first-order valence-electron chi connectivity index (χ1n) is 12.3. The third kappa shape index (κ3) is 6.47. The number of ketones is 1. The molecule has 35 heavy (non-hydrogen) atoms. The van der Waals surface area contributed by atoms with E-state index in [0.717, 1.165) is 35.1 Å². The number of benzene rings is 2. The lowest BCUT2D eigenvalue weighted by Gasteiger charge is -2.32. The molecule has 1 N–H and O–H groups in total. The second-order valence-corrected chi connectivity index (χ2v) is 9.83. The Hall–Kier alpha value is -3.22. The van der Waals surface area contributed by atoms with Gasteiger partial charge in [0, 0.05) is 32.4 Å². The quantitative estimate of drug-likeness (QED) is 0.601. The zero-order chi connectivity index (χ0) is 24.9. The molecule has 0 saturated heterocycles. The molecule has 4 rings (SSSR count). The Bertz CT molecular complexity index is 1090. The summed E-state index contributed by atoms with van der Waals surface area (Å²) in [4.78, 5) is 37.9. The van der Waals surface area contributed by atoms with Crippen LogP contribution in [0.15, 0.2) is 36.4 Å². The molecule has 0 aromatic heterocycles. The molecule has 0 spiro atoms. The predicted octanol–water partition coefficient (Wildman–Crippen LogP) is 5.02. The van der Waals surface area contributed by atoms with Crippen molar-refractivity contribution in [3.8, 4) is 0 Å². The van der Waals surface area contributed by atoms with E-state index in [1.165, 1.54) is 6.07 Å². The van der Waals surface area contributed by atoms with Crippen LogP contribution in [0.3, 0.4) is 0 Å². The molecule has 0 radical (unpaired) electrons. The van der Waals surface area contributed by atoms with Crippen LogP contribution in [0.25, 0.3) is 0 Å². The van der Waals surface area contributed by atoms with Gasteiger partial charge in [-0.1, -0.05) is 30.3 Å². The highest BCUT2D eigenvalue weighted by molar-refractivity contribution is 5.83. The molecule has 2 aromatic carbocycles. The summed E-state index contributed by atoms with van der Waals surface area (Å²) in [6, 6.07) is 10.7. The topological polar surface area (TPSA) is 83.9 Å². The number of hydrogen-bond acceptors (Lipinski definition) is 4. The Morgan fingerprint density at radius 2 is 1.83 bits per heavy atom. The maximum absolute atomic E-state index is 14.1. The van der Waals surface area contributed by atoms with Crippen LogP contribution in [-0.2, 0) is 40.1 Å². The van der Waals surface area contributed by atoms with E-state index >= 15 is 0 Å². The average molecular weight is 482 g/mol. The van der Waals surface area contributed by atoms with Gasteiger partial charge in [-0.15, -0.1) is 0 Å². The average Bonchev–Trinajstić information content (AvgIpc) is 2.82. The van der Waals surface area contributed by atoms with Crippen molar-refractivity contribution in [2.75, 3.05) is 6.54 Å². The van der Waals surface area contributed by atoms with Crippen molar-refractivity contribution in [1.29, 1.82) is 0 Å². The minimum atomic E-state index is -0.773. The second-order valence-electron chi connectivity index (χ2n) is 9.83. The first kappa shape index (κ1) is 24.9. The Kier molecular flexibility index (Phi) is 7.83. The van der Waals surface area contributed by atoms with Crippen LogP contribution in [0.4, 0.5) is 9.18 Å². The molecule has 1 aliphatic carbocycles. The van der Waals surface area contributed by atoms with Gasteiger partial charge in [0.15, 0.2) is 0 Å². The minimum absolute atomic E-state index is 0.0303. The van der Waals surface area contributed by atoms with E-state index in [1.54, 1.807) is 11.0 Å². The summed E-state index contributed by atoms with van der Waals surface area (Å²) in [5, 5.41) is 8.94. The van der Waals surface area contributed by atoms with Crippen LogP contribution in [-0.4, -0.2) is 40.5 Å². The summed E-state index contributed by atoms with van der Waals surface area (Å²) in [5.74, 6) is -0.979. The number of carboxylic acid groups (broad SMARTS) is 1. The zero-order valence-electron chi connectivity index (χ0n) is 20.1. The molecule has 7 heteroatoms. The number of Topliss-reactive ketones (excluding diaryl/α,β-unsaturated/α-hetero) is 1. The lowest BCUT2D eigenvalue weighted by Crippen LogP contribution is -2.39. The molecular weight excluding hydrogens is 449 g/mol. The summed E-state index contributed by atoms with van der Waals surface area (Å²) in [5.41, 5.74) is 4.30. The number of fused-ring (bicyclic) bond motifs is 1. The molecule has 1 amide bonds. The normalized spacial score (nSPS) is 19.7. The summed E-state index contributed by atoms with van der Waals surface area (Å²) in [6.45, 7) is 2.82. The molecule has 0 unspecified atom stereocenters. The molecule has 1 fully saturated rings. The van der Waals surface area contributed by atoms with Gasteiger partial charge in [0.2, 0.25) is 0 Å². The van der Waals surface area contributed by atoms with Crippen molar-refractivity contribution in [1.82, 2.24) is 4.90 Å². The first-order valence-corrected chi connectivity index (χ1v) is 12.3. The zero-order valence-corrected chi connectivity index (χ0v) is 20.1. The Labute approximate surface area is 205 Å². The maximum atomic E-state index is 14.1. The van der Waals surface area contributed by atoms with Gasteiger partial charge in [-0.3, -0.25) is 9.59 Å². The SMILES string of the molecule is Cc1cccc(F)c1CC(=O)Cc1ccc2c(c1)CCN(C(=O)OC1CCC(CC(=O)O)CC1)C2. The van der Waals surface area contributed by atoms with Crippen LogP contribution < -0.4 is 0 Å². The molecule has 186 valence electrons. The molecule has 0 atom stereocenters. The number of amides is 1. The van der Waals surface area contributed by atoms with E-state index in [9.17, 15) is 18.8 Å². The Morgan fingerprint density at radius 3 is 2.54 bits per heavy atom. The summed E-state index contributed by atoms with van der Waals surface area (Å²) < 4.78 is 19.8.